The highest BCUT2D eigenvalue weighted by Gasteiger charge is 2.21. The van der Waals surface area contributed by atoms with E-state index in [2.05, 4.69) is 26.1 Å². The lowest BCUT2D eigenvalue weighted by Gasteiger charge is -2.23. The summed E-state index contributed by atoms with van der Waals surface area (Å²) in [5.74, 6) is -0.144. The van der Waals surface area contributed by atoms with E-state index in [1.165, 1.54) is 0 Å². The molecule has 19 heavy (non-hydrogen) atoms. The number of para-hydroxylation sites is 1. The third-order valence-electron chi connectivity index (χ3n) is 2.85. The van der Waals surface area contributed by atoms with Crippen LogP contribution in [-0.2, 0) is 10.2 Å². The van der Waals surface area contributed by atoms with Crippen molar-refractivity contribution < 1.29 is 14.6 Å². The maximum absolute atomic E-state index is 11.1. The van der Waals surface area contributed by atoms with E-state index < -0.39 is 12.0 Å². The molecule has 1 atom stereocenters. The average Bonchev–Trinajstić information content (AvgIpc) is 2.33. The lowest BCUT2D eigenvalue weighted by atomic mass is 9.86. The second-order valence-electron chi connectivity index (χ2n) is 5.51. The Kier molecular flexibility index (Phi) is 5.36. The standard InChI is InChI=1S/C15H23NO3/c1-5-16-12(14(17)18)10-19-13-9-7-6-8-11(13)15(2,3)4/h6-9,12,16H,5,10H2,1-4H3,(H,17,18). The lowest BCUT2D eigenvalue weighted by molar-refractivity contribution is -0.140. The zero-order valence-corrected chi connectivity index (χ0v) is 12.1. The van der Waals surface area contributed by atoms with Crippen LogP contribution in [0.25, 0.3) is 0 Å². The Morgan fingerprint density at radius 1 is 1.37 bits per heavy atom. The molecule has 0 aliphatic heterocycles. The number of aliphatic carboxylic acids is 1. The average molecular weight is 265 g/mol. The van der Waals surface area contributed by atoms with E-state index in [0.29, 0.717) is 6.54 Å². The number of carbonyl (C=O) groups is 1. The topological polar surface area (TPSA) is 58.6 Å². The van der Waals surface area contributed by atoms with Crippen LogP contribution in [0, 0.1) is 0 Å². The minimum Gasteiger partial charge on any atom is -0.491 e. The van der Waals surface area contributed by atoms with E-state index in [4.69, 9.17) is 9.84 Å². The number of hydrogen-bond acceptors (Lipinski definition) is 3. The van der Waals surface area contributed by atoms with Crippen LogP contribution < -0.4 is 10.1 Å². The lowest BCUT2D eigenvalue weighted by Crippen LogP contribution is -2.41. The summed E-state index contributed by atoms with van der Waals surface area (Å²) < 4.78 is 5.70. The van der Waals surface area contributed by atoms with E-state index in [0.717, 1.165) is 11.3 Å². The fourth-order valence-electron chi connectivity index (χ4n) is 1.85. The van der Waals surface area contributed by atoms with Crippen LogP contribution in [-0.4, -0.2) is 30.3 Å². The molecule has 0 radical (unpaired) electrons. The summed E-state index contributed by atoms with van der Waals surface area (Å²) in [6.07, 6.45) is 0. The molecular weight excluding hydrogens is 242 g/mol. The molecule has 0 fully saturated rings. The van der Waals surface area contributed by atoms with Gasteiger partial charge in [-0.3, -0.25) is 4.79 Å². The van der Waals surface area contributed by atoms with Crippen molar-refractivity contribution in [2.45, 2.75) is 39.2 Å². The number of carboxylic acid groups (broad SMARTS) is 1. The summed E-state index contributed by atoms with van der Waals surface area (Å²) in [7, 11) is 0. The first kappa shape index (κ1) is 15.5. The first-order chi connectivity index (χ1) is 8.86. The van der Waals surface area contributed by atoms with Gasteiger partial charge in [-0.25, -0.2) is 0 Å². The molecule has 2 N–H and O–H groups in total. The van der Waals surface area contributed by atoms with Crippen LogP contribution in [0.4, 0.5) is 0 Å². The predicted molar refractivity (Wildman–Crippen MR) is 75.7 cm³/mol. The Morgan fingerprint density at radius 3 is 2.53 bits per heavy atom. The molecule has 0 amide bonds. The maximum Gasteiger partial charge on any atom is 0.324 e. The molecular formula is C15H23NO3. The molecule has 1 aromatic rings. The van der Waals surface area contributed by atoms with Crippen molar-refractivity contribution >= 4 is 5.97 Å². The van der Waals surface area contributed by atoms with Gasteiger partial charge >= 0.3 is 5.97 Å². The molecule has 4 heteroatoms. The zero-order chi connectivity index (χ0) is 14.5. The summed E-state index contributed by atoms with van der Waals surface area (Å²) in [5, 5.41) is 12.0. The second-order valence-corrected chi connectivity index (χ2v) is 5.51. The Labute approximate surface area is 114 Å². The normalized spacial score (nSPS) is 13.1. The minimum atomic E-state index is -0.893. The van der Waals surface area contributed by atoms with E-state index in [1.54, 1.807) is 0 Å². The first-order valence-corrected chi connectivity index (χ1v) is 6.54. The predicted octanol–water partition coefficient (Wildman–Crippen LogP) is 2.43. The Morgan fingerprint density at radius 2 is 2.00 bits per heavy atom. The fraction of sp³-hybridized carbons (Fsp3) is 0.533. The molecule has 0 aromatic heterocycles. The third-order valence-corrected chi connectivity index (χ3v) is 2.85. The van der Waals surface area contributed by atoms with Gasteiger partial charge in [0.2, 0.25) is 0 Å². The molecule has 0 aliphatic rings. The van der Waals surface area contributed by atoms with Crippen LogP contribution in [0.1, 0.15) is 33.3 Å². The maximum atomic E-state index is 11.1. The molecule has 0 aliphatic carbocycles. The van der Waals surface area contributed by atoms with E-state index >= 15 is 0 Å². The van der Waals surface area contributed by atoms with E-state index in [-0.39, 0.29) is 12.0 Å². The number of carboxylic acids is 1. The summed E-state index contributed by atoms with van der Waals surface area (Å²) in [5.41, 5.74) is 1.05. The van der Waals surface area contributed by atoms with Crippen LogP contribution >= 0.6 is 0 Å². The van der Waals surface area contributed by atoms with Crippen molar-refractivity contribution in [2.24, 2.45) is 0 Å². The number of nitrogens with one attached hydrogen (secondary N) is 1. The molecule has 1 rings (SSSR count). The van der Waals surface area contributed by atoms with E-state index in [9.17, 15) is 4.79 Å². The molecule has 0 bridgehead atoms. The highest BCUT2D eigenvalue weighted by molar-refractivity contribution is 5.73. The van der Waals surface area contributed by atoms with Gasteiger partial charge in [-0.2, -0.15) is 0 Å². The third kappa shape index (κ3) is 4.56. The van der Waals surface area contributed by atoms with Crippen LogP contribution in [0.2, 0.25) is 0 Å². The smallest absolute Gasteiger partial charge is 0.324 e. The van der Waals surface area contributed by atoms with Gasteiger partial charge in [-0.15, -0.1) is 0 Å². The van der Waals surface area contributed by atoms with Crippen molar-refractivity contribution in [1.82, 2.24) is 5.32 Å². The Balaban J connectivity index is 2.80. The number of benzene rings is 1. The zero-order valence-electron chi connectivity index (χ0n) is 12.1. The van der Waals surface area contributed by atoms with Crippen molar-refractivity contribution in [2.75, 3.05) is 13.2 Å². The highest BCUT2D eigenvalue weighted by Crippen LogP contribution is 2.30. The van der Waals surface area contributed by atoms with Gasteiger partial charge in [-0.1, -0.05) is 45.9 Å². The number of rotatable bonds is 6. The SMILES string of the molecule is CCNC(COc1ccccc1C(C)(C)C)C(=O)O. The summed E-state index contributed by atoms with van der Waals surface area (Å²) in [6.45, 7) is 8.91. The van der Waals surface area contributed by atoms with Gasteiger partial charge < -0.3 is 15.2 Å². The molecule has 0 heterocycles. The highest BCUT2D eigenvalue weighted by atomic mass is 16.5. The van der Waals surface area contributed by atoms with Gasteiger partial charge in [0.15, 0.2) is 0 Å². The van der Waals surface area contributed by atoms with Gasteiger partial charge in [0.25, 0.3) is 0 Å². The number of hydrogen-bond donors (Lipinski definition) is 2. The van der Waals surface area contributed by atoms with Crippen molar-refractivity contribution in [3.05, 3.63) is 29.8 Å². The summed E-state index contributed by atoms with van der Waals surface area (Å²) >= 11 is 0. The molecule has 0 spiro atoms. The van der Waals surface area contributed by atoms with Gasteiger partial charge in [0, 0.05) is 0 Å². The minimum absolute atomic E-state index is 0.0342. The molecule has 0 saturated carbocycles. The largest absolute Gasteiger partial charge is 0.491 e. The van der Waals surface area contributed by atoms with Gasteiger partial charge in [0.05, 0.1) is 0 Å². The van der Waals surface area contributed by atoms with Crippen LogP contribution in [0.3, 0.4) is 0 Å². The second kappa shape index (κ2) is 6.57. The number of likely N-dealkylation sites (N-methyl/N-ethyl adjacent to an activating group) is 1. The van der Waals surface area contributed by atoms with Crippen molar-refractivity contribution in [1.29, 1.82) is 0 Å². The van der Waals surface area contributed by atoms with Crippen LogP contribution in [0.15, 0.2) is 24.3 Å². The fourth-order valence-corrected chi connectivity index (χ4v) is 1.85. The van der Waals surface area contributed by atoms with Gasteiger partial charge in [-0.05, 0) is 23.6 Å². The van der Waals surface area contributed by atoms with Crippen LogP contribution in [0.5, 0.6) is 5.75 Å². The molecule has 4 nitrogen and oxygen atoms in total. The number of ether oxygens (including phenoxy) is 1. The van der Waals surface area contributed by atoms with Crippen molar-refractivity contribution in [3.8, 4) is 5.75 Å². The molecule has 0 saturated heterocycles. The summed E-state index contributed by atoms with van der Waals surface area (Å²) in [4.78, 5) is 11.1. The molecule has 1 unspecified atom stereocenters. The van der Waals surface area contributed by atoms with E-state index in [1.807, 2.05) is 31.2 Å². The quantitative estimate of drug-likeness (QED) is 0.829. The first-order valence-electron chi connectivity index (χ1n) is 6.54. The Bertz CT molecular complexity index is 424. The molecule has 106 valence electrons. The van der Waals surface area contributed by atoms with Crippen molar-refractivity contribution in [3.63, 3.8) is 0 Å². The monoisotopic (exact) mass is 265 g/mol. The van der Waals surface area contributed by atoms with Gasteiger partial charge in [0.1, 0.15) is 18.4 Å². The Hall–Kier alpha value is -1.55. The molecule has 1 aromatic carbocycles. The summed E-state index contributed by atoms with van der Waals surface area (Å²) in [6, 6.07) is 7.07.